The van der Waals surface area contributed by atoms with E-state index < -0.39 is 9.84 Å². The van der Waals surface area contributed by atoms with Gasteiger partial charge in [0.1, 0.15) is 0 Å². The van der Waals surface area contributed by atoms with Crippen molar-refractivity contribution in [3.05, 3.63) is 0 Å². The molecule has 0 aromatic rings. The molecule has 15 heavy (non-hydrogen) atoms. The van der Waals surface area contributed by atoms with E-state index in [9.17, 15) is 8.42 Å². The normalized spacial score (nSPS) is 32.7. The number of hydrogen-bond acceptors (Lipinski definition) is 5. The van der Waals surface area contributed by atoms with E-state index in [1.807, 2.05) is 0 Å². The Hall–Kier alpha value is -0.170. The van der Waals surface area contributed by atoms with Crippen molar-refractivity contribution in [1.82, 2.24) is 10.4 Å². The van der Waals surface area contributed by atoms with Crippen molar-refractivity contribution in [2.75, 3.05) is 37.8 Å². The van der Waals surface area contributed by atoms with Crippen LogP contribution in [0.3, 0.4) is 0 Å². The van der Waals surface area contributed by atoms with E-state index >= 15 is 0 Å². The average molecular weight is 234 g/mol. The molecule has 0 radical (unpaired) electrons. The Labute approximate surface area is 90.7 Å². The second-order valence-electron chi connectivity index (χ2n) is 4.18. The number of sulfone groups is 1. The lowest BCUT2D eigenvalue weighted by molar-refractivity contribution is 0.00440. The van der Waals surface area contributed by atoms with E-state index in [-0.39, 0.29) is 11.8 Å². The SMILES string of the molecule is O=S1(=O)CCCC(NN2CCOCC2)C1. The van der Waals surface area contributed by atoms with Gasteiger partial charge in [-0.2, -0.15) is 0 Å². The number of hydrazine groups is 1. The zero-order valence-electron chi connectivity index (χ0n) is 8.81. The molecule has 2 fully saturated rings. The van der Waals surface area contributed by atoms with Crippen LogP contribution in [0.15, 0.2) is 0 Å². The van der Waals surface area contributed by atoms with Gasteiger partial charge in [0.25, 0.3) is 0 Å². The van der Waals surface area contributed by atoms with Crippen molar-refractivity contribution in [2.24, 2.45) is 0 Å². The molecule has 0 aromatic heterocycles. The highest BCUT2D eigenvalue weighted by Crippen LogP contribution is 2.12. The molecule has 2 aliphatic rings. The first-order valence-corrected chi connectivity index (χ1v) is 7.27. The van der Waals surface area contributed by atoms with Crippen LogP contribution in [-0.4, -0.2) is 57.3 Å². The summed E-state index contributed by atoms with van der Waals surface area (Å²) in [5, 5.41) is 2.08. The van der Waals surface area contributed by atoms with Crippen molar-refractivity contribution >= 4 is 9.84 Å². The lowest BCUT2D eigenvalue weighted by Gasteiger charge is -2.33. The number of rotatable bonds is 2. The Morgan fingerprint density at radius 2 is 2.00 bits per heavy atom. The lowest BCUT2D eigenvalue weighted by Crippen LogP contribution is -2.53. The van der Waals surface area contributed by atoms with Gasteiger partial charge in [-0.3, -0.25) is 5.43 Å². The first-order chi connectivity index (χ1) is 7.16. The minimum Gasteiger partial charge on any atom is -0.379 e. The largest absolute Gasteiger partial charge is 0.379 e. The predicted octanol–water partition coefficient (Wildman–Crippen LogP) is -0.600. The van der Waals surface area contributed by atoms with Gasteiger partial charge < -0.3 is 4.74 Å². The summed E-state index contributed by atoms with van der Waals surface area (Å²) in [6, 6.07) is 0.0989. The third kappa shape index (κ3) is 3.41. The van der Waals surface area contributed by atoms with Crippen molar-refractivity contribution in [1.29, 1.82) is 0 Å². The fourth-order valence-electron chi connectivity index (χ4n) is 2.08. The van der Waals surface area contributed by atoms with Crippen molar-refractivity contribution in [3.63, 3.8) is 0 Å². The van der Waals surface area contributed by atoms with Crippen LogP contribution in [0.4, 0.5) is 0 Å². The van der Waals surface area contributed by atoms with Gasteiger partial charge in [-0.25, -0.2) is 13.4 Å². The first kappa shape index (κ1) is 11.3. The van der Waals surface area contributed by atoms with Gasteiger partial charge in [-0.05, 0) is 12.8 Å². The highest BCUT2D eigenvalue weighted by atomic mass is 32.2. The Kier molecular flexibility index (Phi) is 3.60. The van der Waals surface area contributed by atoms with Gasteiger partial charge in [0, 0.05) is 19.1 Å². The highest BCUT2D eigenvalue weighted by Gasteiger charge is 2.26. The molecular weight excluding hydrogens is 216 g/mol. The van der Waals surface area contributed by atoms with E-state index in [1.54, 1.807) is 0 Å². The number of nitrogens with zero attached hydrogens (tertiary/aromatic N) is 1. The molecule has 2 saturated heterocycles. The van der Waals surface area contributed by atoms with E-state index in [4.69, 9.17) is 4.74 Å². The highest BCUT2D eigenvalue weighted by molar-refractivity contribution is 7.91. The smallest absolute Gasteiger partial charge is 0.151 e. The molecule has 0 saturated carbocycles. The molecule has 2 rings (SSSR count). The van der Waals surface area contributed by atoms with Gasteiger partial charge >= 0.3 is 0 Å². The molecule has 0 aliphatic carbocycles. The Bertz CT molecular complexity index is 298. The minimum absolute atomic E-state index is 0.0989. The van der Waals surface area contributed by atoms with Crippen LogP contribution in [-0.2, 0) is 14.6 Å². The maximum Gasteiger partial charge on any atom is 0.151 e. The fraction of sp³-hybridized carbons (Fsp3) is 1.00. The van der Waals surface area contributed by atoms with Gasteiger partial charge in [0.2, 0.25) is 0 Å². The van der Waals surface area contributed by atoms with Crippen molar-refractivity contribution in [3.8, 4) is 0 Å². The van der Waals surface area contributed by atoms with Gasteiger partial charge in [-0.1, -0.05) is 0 Å². The van der Waals surface area contributed by atoms with Crippen LogP contribution in [0, 0.1) is 0 Å². The second-order valence-corrected chi connectivity index (χ2v) is 6.41. The van der Waals surface area contributed by atoms with Gasteiger partial charge in [0.05, 0.1) is 24.7 Å². The van der Waals surface area contributed by atoms with Crippen molar-refractivity contribution in [2.45, 2.75) is 18.9 Å². The van der Waals surface area contributed by atoms with E-state index in [1.165, 1.54) is 0 Å². The molecule has 1 atom stereocenters. The van der Waals surface area contributed by atoms with Crippen LogP contribution in [0.5, 0.6) is 0 Å². The van der Waals surface area contributed by atoms with Gasteiger partial charge in [-0.15, -0.1) is 0 Å². The summed E-state index contributed by atoms with van der Waals surface area (Å²) in [7, 11) is -2.80. The predicted molar refractivity (Wildman–Crippen MR) is 57.2 cm³/mol. The summed E-state index contributed by atoms with van der Waals surface area (Å²) in [6.07, 6.45) is 1.74. The summed E-state index contributed by atoms with van der Waals surface area (Å²) < 4.78 is 28.1. The third-order valence-corrected chi connectivity index (χ3v) is 4.66. The lowest BCUT2D eigenvalue weighted by atomic mass is 10.2. The fourth-order valence-corrected chi connectivity index (χ4v) is 3.70. The molecule has 1 N–H and O–H groups in total. The van der Waals surface area contributed by atoms with Crippen LogP contribution < -0.4 is 5.43 Å². The van der Waals surface area contributed by atoms with Crippen molar-refractivity contribution < 1.29 is 13.2 Å². The zero-order chi connectivity index (χ0) is 10.7. The number of ether oxygens (including phenoxy) is 1. The quantitative estimate of drug-likeness (QED) is 0.691. The van der Waals surface area contributed by atoms with E-state index in [2.05, 4.69) is 10.4 Å². The third-order valence-electron chi connectivity index (χ3n) is 2.84. The summed E-state index contributed by atoms with van der Waals surface area (Å²) in [6.45, 7) is 3.14. The molecule has 1 unspecified atom stereocenters. The Morgan fingerprint density at radius 3 is 2.67 bits per heavy atom. The molecule has 0 amide bonds. The number of hydrogen-bond donors (Lipinski definition) is 1. The molecular formula is C9H18N2O3S. The molecule has 2 heterocycles. The molecule has 0 spiro atoms. The summed E-state index contributed by atoms with van der Waals surface area (Å²) >= 11 is 0. The standard InChI is InChI=1S/C9H18N2O3S/c12-15(13)7-1-2-9(8-15)10-11-3-5-14-6-4-11/h9-10H,1-8H2. The monoisotopic (exact) mass is 234 g/mol. The molecule has 88 valence electrons. The minimum atomic E-state index is -2.80. The maximum atomic E-state index is 11.4. The topological polar surface area (TPSA) is 58.6 Å². The van der Waals surface area contributed by atoms with E-state index in [0.29, 0.717) is 5.75 Å². The van der Waals surface area contributed by atoms with Crippen LogP contribution in [0.1, 0.15) is 12.8 Å². The molecule has 0 bridgehead atoms. The Balaban J connectivity index is 1.83. The number of nitrogens with one attached hydrogen (secondary N) is 1. The first-order valence-electron chi connectivity index (χ1n) is 5.45. The maximum absolute atomic E-state index is 11.4. The molecule has 5 nitrogen and oxygen atoms in total. The summed E-state index contributed by atoms with van der Waals surface area (Å²) in [5.74, 6) is 0.638. The molecule has 6 heteroatoms. The second kappa shape index (κ2) is 4.78. The summed E-state index contributed by atoms with van der Waals surface area (Å²) in [4.78, 5) is 0. The van der Waals surface area contributed by atoms with Gasteiger partial charge in [0.15, 0.2) is 9.84 Å². The number of morpholine rings is 1. The molecule has 0 aromatic carbocycles. The molecule has 2 aliphatic heterocycles. The zero-order valence-corrected chi connectivity index (χ0v) is 9.63. The average Bonchev–Trinajstić information content (AvgIpc) is 2.17. The van der Waals surface area contributed by atoms with Crippen LogP contribution in [0.25, 0.3) is 0 Å². The van der Waals surface area contributed by atoms with E-state index in [0.717, 1.165) is 39.1 Å². The Morgan fingerprint density at radius 1 is 1.27 bits per heavy atom. The summed E-state index contributed by atoms with van der Waals surface area (Å²) in [5.41, 5.74) is 3.29. The van der Waals surface area contributed by atoms with Crippen LogP contribution in [0.2, 0.25) is 0 Å². The van der Waals surface area contributed by atoms with Crippen LogP contribution >= 0.6 is 0 Å².